The number of H-pyrrole nitrogens is 2. The van der Waals surface area contributed by atoms with Gasteiger partial charge < -0.3 is 10.6 Å². The summed E-state index contributed by atoms with van der Waals surface area (Å²) in [4.78, 5) is 63.2. The second-order valence-corrected chi connectivity index (χ2v) is 12.6. The maximum atomic E-state index is 12.6. The van der Waals surface area contributed by atoms with Crippen LogP contribution in [0.1, 0.15) is 67.4 Å². The highest BCUT2D eigenvalue weighted by molar-refractivity contribution is 7.59. The maximum Gasteiger partial charge on any atom is 0.261 e. The number of pyridine rings is 2. The molecule has 4 aromatic heterocycles. The Morgan fingerprint density at radius 2 is 1.02 bits per heavy atom. The molecule has 8 rings (SSSR count). The number of nitrogens with zero attached hydrogens (tertiary/aromatic N) is 7. The minimum Gasteiger partial charge on any atom is -0.326 e. The van der Waals surface area contributed by atoms with E-state index in [9.17, 15) is 19.2 Å². The Bertz CT molecular complexity index is 2200. The molecule has 16 heteroatoms. The van der Waals surface area contributed by atoms with Crippen LogP contribution in [0.5, 0.6) is 0 Å². The van der Waals surface area contributed by atoms with Gasteiger partial charge in [-0.3, -0.25) is 39.2 Å². The summed E-state index contributed by atoms with van der Waals surface area (Å²) >= 11 is 0. The lowest BCUT2D eigenvalue weighted by atomic mass is 10.1. The first-order valence-corrected chi connectivity index (χ1v) is 16.1. The zero-order valence-corrected chi connectivity index (χ0v) is 30.4. The Hall–Kier alpha value is -5.42. The van der Waals surface area contributed by atoms with E-state index in [1.807, 2.05) is 31.1 Å². The van der Waals surface area contributed by atoms with Crippen molar-refractivity contribution in [3.63, 3.8) is 0 Å². The van der Waals surface area contributed by atoms with Crippen LogP contribution in [0.15, 0.2) is 85.5 Å². The predicted octanol–water partition coefficient (Wildman–Crippen LogP) is 4.35. The van der Waals surface area contributed by atoms with Gasteiger partial charge in [-0.05, 0) is 74.5 Å². The van der Waals surface area contributed by atoms with Crippen LogP contribution in [0.2, 0.25) is 0 Å². The molecule has 0 radical (unpaired) electrons. The number of aromatic nitrogens is 6. The van der Waals surface area contributed by atoms with Gasteiger partial charge in [-0.2, -0.15) is 37.2 Å². The maximum absolute atomic E-state index is 12.6. The van der Waals surface area contributed by atoms with Gasteiger partial charge in [-0.15, -0.1) is 0 Å². The topological polar surface area (TPSA) is 187 Å². The summed E-state index contributed by atoms with van der Waals surface area (Å²) in [5.74, 6) is -1.01. The van der Waals surface area contributed by atoms with Crippen LogP contribution in [0.25, 0.3) is 22.1 Å². The first-order chi connectivity index (χ1) is 24.2. The average Bonchev–Trinajstić information content (AvgIpc) is 3.89. The molecule has 2 aliphatic heterocycles. The van der Waals surface area contributed by atoms with E-state index in [0.717, 1.165) is 27.5 Å². The van der Waals surface area contributed by atoms with E-state index in [4.69, 9.17) is 5.73 Å². The van der Waals surface area contributed by atoms with Crippen molar-refractivity contribution in [3.8, 4) is 0 Å². The number of rotatable bonds is 9. The monoisotopic (exact) mass is 770 g/mol. The number of likely N-dealkylation sites (N-methyl/N-ethyl adjacent to an activating group) is 1. The standard InChI is InChI=1S/C19H19N5O2.C17H15N5O2.2CH4.2H2S/c1-23(2)14(8-12-7-13-10-21-22-17(13)20-9-12)11-24-18(25)15-5-3-4-6-16(15)19(24)26;18-12(6-10-5-11-8-20-21-15(11)19-7-10)9-22-16(23)13-3-1-2-4-14(13)17(22)24;;;;/h3-7,9-10,14H,8,11H2,1-2H3,(H,20,21,22);1-5,7-8,12H,6,9,18H2,(H,19,20,21);2*1H4;2*1H2/t14-;12-;;;;/m00..../s1. The zero-order chi connectivity index (χ0) is 34.9. The number of hydrogen-bond acceptors (Lipinski definition) is 10. The van der Waals surface area contributed by atoms with E-state index < -0.39 is 0 Å². The Morgan fingerprint density at radius 1 is 0.630 bits per heavy atom. The molecule has 0 fully saturated rings. The van der Waals surface area contributed by atoms with Crippen LogP contribution < -0.4 is 5.73 Å². The molecule has 4 amide bonds. The van der Waals surface area contributed by atoms with Crippen LogP contribution in [0.3, 0.4) is 0 Å². The van der Waals surface area contributed by atoms with Gasteiger partial charge in [0, 0.05) is 48.3 Å². The van der Waals surface area contributed by atoms with E-state index >= 15 is 0 Å². The molecule has 284 valence electrons. The van der Waals surface area contributed by atoms with Gasteiger partial charge in [0.05, 0.1) is 34.6 Å². The minimum absolute atomic E-state index is 0. The van der Waals surface area contributed by atoms with Crippen molar-refractivity contribution in [2.24, 2.45) is 5.73 Å². The van der Waals surface area contributed by atoms with Gasteiger partial charge in [0.1, 0.15) is 0 Å². The summed E-state index contributed by atoms with van der Waals surface area (Å²) in [7, 11) is 3.90. The molecule has 0 aliphatic carbocycles. The number of amides is 4. The molecule has 0 saturated carbocycles. The quantitative estimate of drug-likeness (QED) is 0.179. The van der Waals surface area contributed by atoms with Crippen molar-refractivity contribution < 1.29 is 19.2 Å². The van der Waals surface area contributed by atoms with E-state index in [-0.39, 0.29) is 84.1 Å². The summed E-state index contributed by atoms with van der Waals surface area (Å²) in [5, 5.41) is 15.4. The molecule has 2 aliphatic rings. The zero-order valence-electron chi connectivity index (χ0n) is 28.4. The summed E-state index contributed by atoms with van der Waals surface area (Å²) in [5.41, 5.74) is 11.4. The van der Waals surface area contributed by atoms with Crippen molar-refractivity contribution in [1.29, 1.82) is 0 Å². The fraction of sp³-hybridized carbons (Fsp3) is 0.263. The third kappa shape index (κ3) is 8.52. The SMILES string of the molecule is C.C.CN(C)[C@@H](Cc1cnc2[nH]ncc2c1)CN1C(=O)c2ccccc2C1=O.N[C@@H](Cc1cnc2[nH]ncc2c1)CN1C(=O)c2ccccc2C1=O.S.S. The van der Waals surface area contributed by atoms with Gasteiger partial charge in [0.2, 0.25) is 0 Å². The number of carbonyl (C=O) groups is 4. The fourth-order valence-electron chi connectivity index (χ4n) is 6.29. The molecule has 0 bridgehead atoms. The summed E-state index contributed by atoms with van der Waals surface area (Å²) in [6.45, 7) is 0.512. The van der Waals surface area contributed by atoms with E-state index in [0.29, 0.717) is 47.3 Å². The summed E-state index contributed by atoms with van der Waals surface area (Å²) < 4.78 is 0. The van der Waals surface area contributed by atoms with E-state index in [1.165, 1.54) is 9.80 Å². The van der Waals surface area contributed by atoms with Crippen LogP contribution in [-0.2, 0) is 12.8 Å². The largest absolute Gasteiger partial charge is 0.326 e. The van der Waals surface area contributed by atoms with Crippen LogP contribution >= 0.6 is 27.0 Å². The molecular weight excluding hydrogens is 725 g/mol. The van der Waals surface area contributed by atoms with Crippen molar-refractivity contribution in [1.82, 2.24) is 45.1 Å². The Labute approximate surface area is 327 Å². The fourth-order valence-corrected chi connectivity index (χ4v) is 6.29. The molecule has 6 heterocycles. The van der Waals surface area contributed by atoms with Crippen molar-refractivity contribution in [2.45, 2.75) is 39.8 Å². The first-order valence-electron chi connectivity index (χ1n) is 16.1. The van der Waals surface area contributed by atoms with Crippen molar-refractivity contribution in [2.75, 3.05) is 27.2 Å². The molecule has 54 heavy (non-hydrogen) atoms. The number of carbonyl (C=O) groups excluding carboxylic acids is 4. The highest BCUT2D eigenvalue weighted by Gasteiger charge is 2.37. The molecule has 4 N–H and O–H groups in total. The Kier molecular flexibility index (Phi) is 14.4. The van der Waals surface area contributed by atoms with E-state index in [2.05, 4.69) is 30.4 Å². The molecular formula is C38H46N10O4S2. The third-order valence-electron chi connectivity index (χ3n) is 8.96. The lowest BCUT2D eigenvalue weighted by molar-refractivity contribution is 0.0606. The van der Waals surface area contributed by atoms with Crippen molar-refractivity contribution >= 4 is 72.7 Å². The third-order valence-corrected chi connectivity index (χ3v) is 8.96. The average molecular weight is 771 g/mol. The lowest BCUT2D eigenvalue weighted by Gasteiger charge is -2.28. The number of benzene rings is 2. The lowest BCUT2D eigenvalue weighted by Crippen LogP contribution is -2.44. The number of fused-ring (bicyclic) bond motifs is 4. The van der Waals surface area contributed by atoms with Gasteiger partial charge in [0.25, 0.3) is 23.6 Å². The number of nitrogens with two attached hydrogens (primary N) is 1. The second-order valence-electron chi connectivity index (χ2n) is 12.6. The molecule has 6 aromatic rings. The van der Waals surface area contributed by atoms with Gasteiger partial charge >= 0.3 is 0 Å². The number of imide groups is 2. The van der Waals surface area contributed by atoms with Crippen molar-refractivity contribution in [3.05, 3.63) is 119 Å². The smallest absolute Gasteiger partial charge is 0.261 e. The highest BCUT2D eigenvalue weighted by Crippen LogP contribution is 2.25. The summed E-state index contributed by atoms with van der Waals surface area (Å²) in [6, 6.07) is 17.4. The van der Waals surface area contributed by atoms with Gasteiger partial charge in [-0.25, -0.2) is 9.97 Å². The van der Waals surface area contributed by atoms with Crippen LogP contribution in [-0.4, -0.2) is 108 Å². The molecule has 0 spiro atoms. The summed E-state index contributed by atoms with van der Waals surface area (Å²) in [6.07, 6.45) is 8.15. The predicted molar refractivity (Wildman–Crippen MR) is 218 cm³/mol. The van der Waals surface area contributed by atoms with Crippen LogP contribution in [0.4, 0.5) is 0 Å². The van der Waals surface area contributed by atoms with Gasteiger partial charge in [-0.1, -0.05) is 39.1 Å². The second kappa shape index (κ2) is 18.1. The molecule has 0 saturated heterocycles. The Morgan fingerprint density at radius 3 is 1.43 bits per heavy atom. The van der Waals surface area contributed by atoms with Crippen LogP contribution in [0, 0.1) is 0 Å². The Balaban J connectivity index is 0.000000271. The highest BCUT2D eigenvalue weighted by atomic mass is 32.1. The van der Waals surface area contributed by atoms with Gasteiger partial charge in [0.15, 0.2) is 11.3 Å². The molecule has 0 unspecified atom stereocenters. The minimum atomic E-state index is -0.363. The molecule has 2 atom stereocenters. The molecule has 14 nitrogen and oxygen atoms in total. The number of aromatic amines is 2. The normalized spacial score (nSPS) is 14.0. The number of nitrogens with one attached hydrogen (secondary N) is 2. The molecule has 2 aromatic carbocycles. The first kappa shape index (κ1) is 43.0. The van der Waals surface area contributed by atoms with E-state index in [1.54, 1.807) is 73.3 Å². The number of hydrogen-bond donors (Lipinski definition) is 3.